The Morgan fingerprint density at radius 3 is 2.67 bits per heavy atom. The molecular weight excluding hydrogens is 152 g/mol. The second-order valence-corrected chi connectivity index (χ2v) is 3.64. The maximum atomic E-state index is 5.61. The van der Waals surface area contributed by atoms with Crippen LogP contribution in [0.25, 0.3) is 0 Å². The molecule has 0 radical (unpaired) electrons. The maximum Gasteiger partial charge on any atom is 0.160 e. The molecule has 3 unspecified atom stereocenters. The van der Waals surface area contributed by atoms with E-state index in [0.717, 1.165) is 19.1 Å². The fourth-order valence-electron chi connectivity index (χ4n) is 1.76. The van der Waals surface area contributed by atoms with Gasteiger partial charge >= 0.3 is 0 Å². The molecule has 0 aromatic carbocycles. The standard InChI is InChI=1S/C10H20O2/c1-4-9-6-8(3)10(11-5-2)12-7-9/h8-10H,4-7H2,1-3H3. The number of ether oxygens (including phenoxy) is 2. The Bertz CT molecular complexity index is 125. The van der Waals surface area contributed by atoms with Crippen molar-refractivity contribution in [2.45, 2.75) is 39.9 Å². The van der Waals surface area contributed by atoms with Gasteiger partial charge in [-0.3, -0.25) is 0 Å². The van der Waals surface area contributed by atoms with Crippen molar-refractivity contribution in [2.75, 3.05) is 13.2 Å². The van der Waals surface area contributed by atoms with Gasteiger partial charge in [-0.15, -0.1) is 0 Å². The average molecular weight is 172 g/mol. The fraction of sp³-hybridized carbons (Fsp3) is 1.00. The van der Waals surface area contributed by atoms with Crippen molar-refractivity contribution < 1.29 is 9.47 Å². The minimum Gasteiger partial charge on any atom is -0.353 e. The molecule has 0 amide bonds. The van der Waals surface area contributed by atoms with E-state index in [0.29, 0.717) is 5.92 Å². The predicted molar refractivity (Wildman–Crippen MR) is 48.9 cm³/mol. The van der Waals surface area contributed by atoms with Crippen LogP contribution in [0.4, 0.5) is 0 Å². The van der Waals surface area contributed by atoms with Gasteiger partial charge in [0.1, 0.15) is 0 Å². The Balaban J connectivity index is 2.31. The van der Waals surface area contributed by atoms with Gasteiger partial charge in [0.05, 0.1) is 6.61 Å². The molecule has 0 aromatic heterocycles. The Kier molecular flexibility index (Phi) is 4.02. The first-order chi connectivity index (χ1) is 5.77. The zero-order valence-electron chi connectivity index (χ0n) is 8.38. The van der Waals surface area contributed by atoms with Crippen molar-refractivity contribution in [1.29, 1.82) is 0 Å². The van der Waals surface area contributed by atoms with Gasteiger partial charge in [0.25, 0.3) is 0 Å². The summed E-state index contributed by atoms with van der Waals surface area (Å²) in [5.74, 6) is 1.31. The average Bonchev–Trinajstić information content (AvgIpc) is 2.09. The molecule has 12 heavy (non-hydrogen) atoms. The van der Waals surface area contributed by atoms with Crippen LogP contribution in [0.2, 0.25) is 0 Å². The highest BCUT2D eigenvalue weighted by Gasteiger charge is 2.27. The molecule has 0 saturated carbocycles. The zero-order chi connectivity index (χ0) is 8.97. The van der Waals surface area contributed by atoms with Gasteiger partial charge in [-0.05, 0) is 19.3 Å². The second-order valence-electron chi connectivity index (χ2n) is 3.64. The highest BCUT2D eigenvalue weighted by Crippen LogP contribution is 2.27. The highest BCUT2D eigenvalue weighted by molar-refractivity contribution is 4.70. The molecule has 0 aromatic rings. The fourth-order valence-corrected chi connectivity index (χ4v) is 1.76. The van der Waals surface area contributed by atoms with E-state index >= 15 is 0 Å². The summed E-state index contributed by atoms with van der Waals surface area (Å²) in [6.45, 7) is 8.09. The molecule has 72 valence electrons. The number of hydrogen-bond acceptors (Lipinski definition) is 2. The van der Waals surface area contributed by atoms with Crippen LogP contribution in [0.1, 0.15) is 33.6 Å². The van der Waals surface area contributed by atoms with E-state index in [1.165, 1.54) is 12.8 Å². The molecule has 2 heteroatoms. The van der Waals surface area contributed by atoms with Crippen molar-refractivity contribution >= 4 is 0 Å². The van der Waals surface area contributed by atoms with Gasteiger partial charge < -0.3 is 9.47 Å². The second kappa shape index (κ2) is 4.83. The van der Waals surface area contributed by atoms with E-state index in [1.807, 2.05) is 6.92 Å². The monoisotopic (exact) mass is 172 g/mol. The third kappa shape index (κ3) is 2.46. The molecule has 0 aliphatic carbocycles. The van der Waals surface area contributed by atoms with Crippen LogP contribution in [0, 0.1) is 11.8 Å². The van der Waals surface area contributed by atoms with Crippen LogP contribution in [0.3, 0.4) is 0 Å². The summed E-state index contributed by atoms with van der Waals surface area (Å²) >= 11 is 0. The van der Waals surface area contributed by atoms with Gasteiger partial charge in [-0.2, -0.15) is 0 Å². The van der Waals surface area contributed by atoms with Crippen LogP contribution in [-0.4, -0.2) is 19.5 Å². The van der Waals surface area contributed by atoms with Crippen LogP contribution in [0.5, 0.6) is 0 Å². The molecule has 3 atom stereocenters. The van der Waals surface area contributed by atoms with Gasteiger partial charge in [0.15, 0.2) is 6.29 Å². The first kappa shape index (κ1) is 10.0. The third-order valence-electron chi connectivity index (χ3n) is 2.57. The molecule has 1 aliphatic heterocycles. The van der Waals surface area contributed by atoms with Gasteiger partial charge in [-0.1, -0.05) is 20.3 Å². The molecule has 1 aliphatic rings. The minimum absolute atomic E-state index is 0.0535. The van der Waals surface area contributed by atoms with Crippen molar-refractivity contribution in [1.82, 2.24) is 0 Å². The Labute approximate surface area is 75.2 Å². The number of hydrogen-bond donors (Lipinski definition) is 0. The van der Waals surface area contributed by atoms with E-state index in [2.05, 4.69) is 13.8 Å². The summed E-state index contributed by atoms with van der Waals surface area (Å²) < 4.78 is 11.1. The molecule has 0 spiro atoms. The molecule has 0 N–H and O–H groups in total. The largest absolute Gasteiger partial charge is 0.353 e. The maximum absolute atomic E-state index is 5.61. The van der Waals surface area contributed by atoms with Crippen LogP contribution in [-0.2, 0) is 9.47 Å². The lowest BCUT2D eigenvalue weighted by atomic mass is 9.91. The summed E-state index contributed by atoms with van der Waals surface area (Å²) in [7, 11) is 0. The van der Waals surface area contributed by atoms with E-state index in [4.69, 9.17) is 9.47 Å². The molecule has 1 heterocycles. The Morgan fingerprint density at radius 2 is 2.17 bits per heavy atom. The first-order valence-corrected chi connectivity index (χ1v) is 5.01. The van der Waals surface area contributed by atoms with Gasteiger partial charge in [0.2, 0.25) is 0 Å². The summed E-state index contributed by atoms with van der Waals surface area (Å²) in [5, 5.41) is 0. The lowest BCUT2D eigenvalue weighted by Crippen LogP contribution is -2.34. The predicted octanol–water partition coefficient (Wildman–Crippen LogP) is 2.43. The lowest BCUT2D eigenvalue weighted by Gasteiger charge is -2.33. The molecule has 0 bridgehead atoms. The molecule has 2 nitrogen and oxygen atoms in total. The molecule has 1 saturated heterocycles. The van der Waals surface area contributed by atoms with E-state index in [9.17, 15) is 0 Å². The smallest absolute Gasteiger partial charge is 0.160 e. The van der Waals surface area contributed by atoms with Crippen molar-refractivity contribution in [3.63, 3.8) is 0 Å². The zero-order valence-corrected chi connectivity index (χ0v) is 8.38. The van der Waals surface area contributed by atoms with Gasteiger partial charge in [-0.25, -0.2) is 0 Å². The summed E-state index contributed by atoms with van der Waals surface area (Å²) in [6, 6.07) is 0. The van der Waals surface area contributed by atoms with Gasteiger partial charge in [0, 0.05) is 12.5 Å². The summed E-state index contributed by atoms with van der Waals surface area (Å²) in [6.07, 6.45) is 2.53. The Hall–Kier alpha value is -0.0800. The SMILES string of the molecule is CCOC1OCC(CC)CC1C. The van der Waals surface area contributed by atoms with Crippen molar-refractivity contribution in [2.24, 2.45) is 11.8 Å². The summed E-state index contributed by atoms with van der Waals surface area (Å²) in [5.41, 5.74) is 0. The Morgan fingerprint density at radius 1 is 1.42 bits per heavy atom. The first-order valence-electron chi connectivity index (χ1n) is 5.01. The van der Waals surface area contributed by atoms with Crippen LogP contribution >= 0.6 is 0 Å². The van der Waals surface area contributed by atoms with Crippen molar-refractivity contribution in [3.8, 4) is 0 Å². The van der Waals surface area contributed by atoms with E-state index in [-0.39, 0.29) is 6.29 Å². The normalized spacial score (nSPS) is 36.8. The molecular formula is C10H20O2. The lowest BCUT2D eigenvalue weighted by molar-refractivity contribution is -0.199. The topological polar surface area (TPSA) is 18.5 Å². The molecule has 1 fully saturated rings. The minimum atomic E-state index is 0.0535. The van der Waals surface area contributed by atoms with Crippen LogP contribution in [0.15, 0.2) is 0 Å². The number of rotatable bonds is 3. The van der Waals surface area contributed by atoms with Crippen LogP contribution < -0.4 is 0 Å². The van der Waals surface area contributed by atoms with E-state index in [1.54, 1.807) is 0 Å². The molecule has 1 rings (SSSR count). The quantitative estimate of drug-likeness (QED) is 0.651. The summed E-state index contributed by atoms with van der Waals surface area (Å²) in [4.78, 5) is 0. The van der Waals surface area contributed by atoms with Crippen molar-refractivity contribution in [3.05, 3.63) is 0 Å². The third-order valence-corrected chi connectivity index (χ3v) is 2.57. The highest BCUT2D eigenvalue weighted by atomic mass is 16.7. The van der Waals surface area contributed by atoms with E-state index < -0.39 is 0 Å².